The van der Waals surface area contributed by atoms with Crippen LogP contribution < -0.4 is 10.9 Å². The second kappa shape index (κ2) is 4.91. The smallest absolute Gasteiger partial charge is 0.305 e. The van der Waals surface area contributed by atoms with Gasteiger partial charge in [0.15, 0.2) is 11.5 Å². The second-order valence-corrected chi connectivity index (χ2v) is 5.64. The maximum atomic E-state index is 11.8. The Morgan fingerprint density at radius 1 is 1.32 bits per heavy atom. The molecule has 0 atom stereocenters. The van der Waals surface area contributed by atoms with Gasteiger partial charge in [0, 0.05) is 18.2 Å². The molecule has 0 radical (unpaired) electrons. The maximum absolute atomic E-state index is 11.8. The van der Waals surface area contributed by atoms with Crippen molar-refractivity contribution in [3.63, 3.8) is 0 Å². The third kappa shape index (κ3) is 3.47. The number of allylic oxidation sites excluding steroid dienone is 2. The largest absolute Gasteiger partial charge is 0.456 e. The third-order valence-corrected chi connectivity index (χ3v) is 2.96. The van der Waals surface area contributed by atoms with Crippen molar-refractivity contribution < 1.29 is 14.0 Å². The highest BCUT2D eigenvalue weighted by atomic mass is 16.3. The molecule has 2 N–H and O–H groups in total. The Hall–Kier alpha value is -2.04. The molecular formula is C14H18N2O3. The van der Waals surface area contributed by atoms with Crippen molar-refractivity contribution >= 4 is 11.7 Å². The van der Waals surface area contributed by atoms with Gasteiger partial charge < -0.3 is 9.84 Å². The molecule has 5 heteroatoms. The van der Waals surface area contributed by atoms with Crippen molar-refractivity contribution in [2.75, 3.05) is 0 Å². The Balaban J connectivity index is 1.96. The molecule has 19 heavy (non-hydrogen) atoms. The second-order valence-electron chi connectivity index (χ2n) is 5.64. The van der Waals surface area contributed by atoms with Gasteiger partial charge in [0.25, 0.3) is 0 Å². The number of carbonyl (C=O) groups excluding carboxylic acids is 2. The number of hydrazine groups is 1. The molecule has 1 aromatic rings. The zero-order chi connectivity index (χ0) is 14.0. The van der Waals surface area contributed by atoms with E-state index in [1.807, 2.05) is 13.8 Å². The first kappa shape index (κ1) is 13.4. The summed E-state index contributed by atoms with van der Waals surface area (Å²) in [5.41, 5.74) is 5.97. The van der Waals surface area contributed by atoms with E-state index in [1.54, 1.807) is 25.1 Å². The first-order valence-corrected chi connectivity index (χ1v) is 6.22. The molecule has 102 valence electrons. The molecule has 1 heterocycles. The molecule has 0 unspecified atom stereocenters. The molecule has 0 saturated carbocycles. The summed E-state index contributed by atoms with van der Waals surface area (Å²) in [6, 6.07) is 3.33. The van der Waals surface area contributed by atoms with Gasteiger partial charge >= 0.3 is 5.91 Å². The summed E-state index contributed by atoms with van der Waals surface area (Å²) >= 11 is 0. The number of aryl methyl sites for hydroxylation is 1. The van der Waals surface area contributed by atoms with Gasteiger partial charge in [-0.3, -0.25) is 15.0 Å². The van der Waals surface area contributed by atoms with E-state index >= 15 is 0 Å². The fraction of sp³-hybridized carbons (Fsp3) is 0.429. The summed E-state index contributed by atoms with van der Waals surface area (Å²) in [4.78, 5) is 23.3. The number of hydrogen-bond donors (Lipinski definition) is 2. The predicted molar refractivity (Wildman–Crippen MR) is 70.2 cm³/mol. The van der Waals surface area contributed by atoms with Crippen LogP contribution in [0, 0.1) is 12.3 Å². The minimum atomic E-state index is -0.357. The van der Waals surface area contributed by atoms with Gasteiger partial charge in [0.2, 0.25) is 0 Å². The normalized spacial score (nSPS) is 17.8. The van der Waals surface area contributed by atoms with Crippen LogP contribution >= 0.6 is 0 Å². The lowest BCUT2D eigenvalue weighted by Crippen LogP contribution is -2.39. The van der Waals surface area contributed by atoms with E-state index < -0.39 is 0 Å². The van der Waals surface area contributed by atoms with Crippen LogP contribution in [0.3, 0.4) is 0 Å². The average molecular weight is 262 g/mol. The molecule has 0 aliphatic heterocycles. The first-order valence-electron chi connectivity index (χ1n) is 6.22. The molecule has 0 fully saturated rings. The molecule has 0 saturated heterocycles. The molecular weight excluding hydrogens is 244 g/mol. The summed E-state index contributed by atoms with van der Waals surface area (Å²) in [6.45, 7) is 5.82. The Bertz CT molecular complexity index is 541. The quantitative estimate of drug-likeness (QED) is 0.818. The topological polar surface area (TPSA) is 71.3 Å². The van der Waals surface area contributed by atoms with Crippen molar-refractivity contribution in [3.05, 3.63) is 35.4 Å². The summed E-state index contributed by atoms with van der Waals surface area (Å²) in [7, 11) is 0. The minimum absolute atomic E-state index is 0.0712. The number of nitrogens with one attached hydrogen (secondary N) is 2. The van der Waals surface area contributed by atoms with E-state index in [9.17, 15) is 9.59 Å². The molecule has 2 rings (SSSR count). The van der Waals surface area contributed by atoms with Crippen LogP contribution in [-0.2, 0) is 4.79 Å². The zero-order valence-electron chi connectivity index (χ0n) is 11.4. The third-order valence-electron chi connectivity index (χ3n) is 2.96. The minimum Gasteiger partial charge on any atom is -0.456 e. The van der Waals surface area contributed by atoms with E-state index in [2.05, 4.69) is 10.9 Å². The van der Waals surface area contributed by atoms with Crippen molar-refractivity contribution in [1.82, 2.24) is 10.9 Å². The Labute approximate surface area is 112 Å². The van der Waals surface area contributed by atoms with Crippen molar-refractivity contribution in [1.29, 1.82) is 0 Å². The molecule has 1 aliphatic carbocycles. The number of amides is 1. The summed E-state index contributed by atoms with van der Waals surface area (Å²) < 4.78 is 5.21. The highest BCUT2D eigenvalue weighted by molar-refractivity contribution is 5.93. The fourth-order valence-electron chi connectivity index (χ4n) is 2.18. The van der Waals surface area contributed by atoms with Gasteiger partial charge in [-0.05, 0) is 30.9 Å². The van der Waals surface area contributed by atoms with Crippen molar-refractivity contribution in [3.8, 4) is 0 Å². The Kier molecular flexibility index (Phi) is 3.46. The number of hydrogen-bond acceptors (Lipinski definition) is 4. The van der Waals surface area contributed by atoms with Crippen LogP contribution in [0.4, 0.5) is 0 Å². The maximum Gasteiger partial charge on any atom is 0.305 e. The SMILES string of the molecule is Cc1ccc(C(=O)NNC2=CC(=O)CC(C)(C)C2)o1. The molecule has 0 aromatic carbocycles. The highest BCUT2D eigenvalue weighted by Gasteiger charge is 2.27. The van der Waals surface area contributed by atoms with Gasteiger partial charge in [-0.2, -0.15) is 0 Å². The van der Waals surface area contributed by atoms with Crippen LogP contribution in [-0.4, -0.2) is 11.7 Å². The first-order chi connectivity index (χ1) is 8.85. The lowest BCUT2D eigenvalue weighted by molar-refractivity contribution is -0.117. The molecule has 1 amide bonds. The Morgan fingerprint density at radius 2 is 2.05 bits per heavy atom. The van der Waals surface area contributed by atoms with Crippen LogP contribution in [0.1, 0.15) is 43.0 Å². The van der Waals surface area contributed by atoms with E-state index in [-0.39, 0.29) is 22.9 Å². The van der Waals surface area contributed by atoms with Gasteiger partial charge in [0.05, 0.1) is 0 Å². The van der Waals surface area contributed by atoms with E-state index in [0.717, 1.165) is 12.1 Å². The molecule has 1 aliphatic rings. The van der Waals surface area contributed by atoms with Crippen LogP contribution in [0.15, 0.2) is 28.3 Å². The number of furan rings is 1. The van der Waals surface area contributed by atoms with Gasteiger partial charge in [-0.1, -0.05) is 13.8 Å². The lowest BCUT2D eigenvalue weighted by Gasteiger charge is -2.29. The molecule has 0 spiro atoms. The van der Waals surface area contributed by atoms with Crippen LogP contribution in [0.5, 0.6) is 0 Å². The predicted octanol–water partition coefficient (Wildman–Crippen LogP) is 2.10. The number of carbonyl (C=O) groups is 2. The fourth-order valence-corrected chi connectivity index (χ4v) is 2.18. The monoisotopic (exact) mass is 262 g/mol. The van der Waals surface area contributed by atoms with Gasteiger partial charge in [-0.15, -0.1) is 0 Å². The van der Waals surface area contributed by atoms with Crippen LogP contribution in [0.25, 0.3) is 0 Å². The van der Waals surface area contributed by atoms with Crippen LogP contribution in [0.2, 0.25) is 0 Å². The summed E-state index contributed by atoms with van der Waals surface area (Å²) in [5.74, 6) is 0.636. The lowest BCUT2D eigenvalue weighted by atomic mass is 9.79. The Morgan fingerprint density at radius 3 is 2.63 bits per heavy atom. The van der Waals surface area contributed by atoms with E-state index in [4.69, 9.17) is 4.42 Å². The molecule has 1 aromatic heterocycles. The summed E-state index contributed by atoms with van der Waals surface area (Å²) in [5, 5.41) is 0. The highest BCUT2D eigenvalue weighted by Crippen LogP contribution is 2.32. The molecule has 5 nitrogen and oxygen atoms in total. The van der Waals surface area contributed by atoms with Crippen molar-refractivity contribution in [2.24, 2.45) is 5.41 Å². The molecule has 0 bridgehead atoms. The van der Waals surface area contributed by atoms with Gasteiger partial charge in [-0.25, -0.2) is 0 Å². The van der Waals surface area contributed by atoms with Gasteiger partial charge in [0.1, 0.15) is 5.76 Å². The number of rotatable bonds is 3. The average Bonchev–Trinajstić information content (AvgIpc) is 2.70. The summed E-state index contributed by atoms with van der Waals surface area (Å²) in [6.07, 6.45) is 2.79. The van der Waals surface area contributed by atoms with E-state index in [0.29, 0.717) is 12.2 Å². The van der Waals surface area contributed by atoms with E-state index in [1.165, 1.54) is 0 Å². The standard InChI is InChI=1S/C14H18N2O3/c1-9-4-5-12(19-9)13(18)16-15-10-6-11(17)8-14(2,3)7-10/h4-6,15H,7-8H2,1-3H3,(H,16,18). The van der Waals surface area contributed by atoms with Crippen molar-refractivity contribution in [2.45, 2.75) is 33.6 Å². The number of ketones is 1. The zero-order valence-corrected chi connectivity index (χ0v) is 11.4.